The molecule has 0 saturated carbocycles. The van der Waals surface area contributed by atoms with E-state index in [0.29, 0.717) is 0 Å². The van der Waals surface area contributed by atoms with E-state index in [9.17, 15) is 0 Å². The third kappa shape index (κ3) is 1.93. The predicted molar refractivity (Wildman–Crippen MR) is 50.3 cm³/mol. The van der Waals surface area contributed by atoms with Crippen LogP contribution in [0.5, 0.6) is 0 Å². The van der Waals surface area contributed by atoms with Crippen molar-refractivity contribution in [2.75, 3.05) is 0 Å². The summed E-state index contributed by atoms with van der Waals surface area (Å²) in [5.41, 5.74) is 2.28. The van der Waals surface area contributed by atoms with E-state index >= 15 is 0 Å². The summed E-state index contributed by atoms with van der Waals surface area (Å²) >= 11 is 0. The second-order valence-electron chi connectivity index (χ2n) is 3.03. The second-order valence-corrected chi connectivity index (χ2v) is 3.03. The highest BCUT2D eigenvalue weighted by Gasteiger charge is 1.95. The molecule has 0 fully saturated rings. The Kier molecular flexibility index (Phi) is 2.08. The van der Waals surface area contributed by atoms with Crippen LogP contribution in [0.4, 0.5) is 0 Å². The molecule has 0 spiro atoms. The van der Waals surface area contributed by atoms with Crippen LogP contribution in [0.3, 0.4) is 0 Å². The smallest absolute Gasteiger partial charge is 0.0831 e. The molecule has 2 aromatic heterocycles. The summed E-state index contributed by atoms with van der Waals surface area (Å²) in [6.45, 7) is 2.81. The second kappa shape index (κ2) is 3.39. The first-order valence-corrected chi connectivity index (χ1v) is 4.23. The number of nitrogens with zero attached hydrogens (tertiary/aromatic N) is 3. The normalized spacial score (nSPS) is 10.2. The summed E-state index contributed by atoms with van der Waals surface area (Å²) in [5, 5.41) is 4.12. The van der Waals surface area contributed by atoms with Crippen LogP contribution in [0.1, 0.15) is 11.3 Å². The Morgan fingerprint density at radius 1 is 1.38 bits per heavy atom. The topological polar surface area (TPSA) is 30.7 Å². The average molecular weight is 173 g/mol. The third-order valence-corrected chi connectivity index (χ3v) is 1.86. The van der Waals surface area contributed by atoms with E-state index in [1.54, 1.807) is 6.20 Å². The van der Waals surface area contributed by atoms with Crippen LogP contribution in [-0.2, 0) is 6.54 Å². The number of rotatable bonds is 2. The Bertz CT molecular complexity index is 379. The highest BCUT2D eigenvalue weighted by Crippen LogP contribution is 2.01. The van der Waals surface area contributed by atoms with Gasteiger partial charge >= 0.3 is 0 Å². The van der Waals surface area contributed by atoms with Crippen LogP contribution < -0.4 is 0 Å². The first kappa shape index (κ1) is 7.98. The average Bonchev–Trinajstić information content (AvgIpc) is 2.57. The minimum atomic E-state index is 0.745. The minimum Gasteiger partial charge on any atom is -0.267 e. The van der Waals surface area contributed by atoms with Gasteiger partial charge < -0.3 is 0 Å². The summed E-state index contributed by atoms with van der Waals surface area (Å²) in [4.78, 5) is 4.25. The lowest BCUT2D eigenvalue weighted by molar-refractivity contribution is 0.672. The van der Waals surface area contributed by atoms with Crippen LogP contribution in [0.15, 0.2) is 36.8 Å². The van der Waals surface area contributed by atoms with Crippen LogP contribution in [0.2, 0.25) is 0 Å². The molecule has 2 aromatic rings. The van der Waals surface area contributed by atoms with Crippen molar-refractivity contribution in [2.24, 2.45) is 0 Å². The number of pyridine rings is 1. The van der Waals surface area contributed by atoms with E-state index < -0.39 is 0 Å². The molecule has 0 saturated heterocycles. The van der Waals surface area contributed by atoms with Crippen LogP contribution in [-0.4, -0.2) is 14.8 Å². The maximum absolute atomic E-state index is 4.25. The molecule has 0 bridgehead atoms. The molecule has 3 nitrogen and oxygen atoms in total. The van der Waals surface area contributed by atoms with Crippen LogP contribution in [0.25, 0.3) is 0 Å². The molecule has 2 heterocycles. The maximum Gasteiger partial charge on any atom is 0.0831 e. The zero-order valence-corrected chi connectivity index (χ0v) is 7.51. The van der Waals surface area contributed by atoms with E-state index in [0.717, 1.165) is 12.2 Å². The highest BCUT2D eigenvalue weighted by atomic mass is 15.3. The first-order chi connectivity index (χ1) is 6.34. The molecule has 0 aromatic carbocycles. The molecule has 0 radical (unpaired) electrons. The van der Waals surface area contributed by atoms with Gasteiger partial charge in [0.2, 0.25) is 0 Å². The maximum atomic E-state index is 4.25. The van der Waals surface area contributed by atoms with E-state index in [-0.39, 0.29) is 0 Å². The molecular formula is C10H11N3. The van der Waals surface area contributed by atoms with Gasteiger partial charge in [0.15, 0.2) is 0 Å². The molecule has 3 heteroatoms. The van der Waals surface area contributed by atoms with E-state index in [1.807, 2.05) is 29.2 Å². The lowest BCUT2D eigenvalue weighted by Gasteiger charge is -2.01. The molecule has 0 aliphatic carbocycles. The summed E-state index contributed by atoms with van der Waals surface area (Å²) < 4.78 is 1.86. The molecule has 0 N–H and O–H groups in total. The van der Waals surface area contributed by atoms with Gasteiger partial charge in [-0.1, -0.05) is 0 Å². The molecule has 0 amide bonds. The standard InChI is InChI=1S/C10H11N3/c1-9-3-5-11-10(7-9)8-13-6-2-4-12-13/h2-7H,8H2,1H3. The highest BCUT2D eigenvalue weighted by molar-refractivity contribution is 5.14. The Balaban J connectivity index is 2.19. The van der Waals surface area contributed by atoms with Crippen molar-refractivity contribution >= 4 is 0 Å². The van der Waals surface area contributed by atoms with Crippen molar-refractivity contribution in [3.8, 4) is 0 Å². The predicted octanol–water partition coefficient (Wildman–Crippen LogP) is 1.63. The Labute approximate surface area is 77.0 Å². The lowest BCUT2D eigenvalue weighted by Crippen LogP contribution is -2.01. The van der Waals surface area contributed by atoms with Gasteiger partial charge in [-0.25, -0.2) is 0 Å². The fraction of sp³-hybridized carbons (Fsp3) is 0.200. The van der Waals surface area contributed by atoms with Crippen molar-refractivity contribution in [3.05, 3.63) is 48.0 Å². The summed E-state index contributed by atoms with van der Waals surface area (Å²) in [5.74, 6) is 0. The molecule has 0 aliphatic rings. The van der Waals surface area contributed by atoms with Gasteiger partial charge in [0.1, 0.15) is 0 Å². The molecular weight excluding hydrogens is 162 g/mol. The van der Waals surface area contributed by atoms with Gasteiger partial charge in [0, 0.05) is 18.6 Å². The van der Waals surface area contributed by atoms with Gasteiger partial charge in [-0.05, 0) is 30.7 Å². The number of hydrogen-bond acceptors (Lipinski definition) is 2. The fourth-order valence-corrected chi connectivity index (χ4v) is 1.25. The number of aromatic nitrogens is 3. The van der Waals surface area contributed by atoms with Crippen molar-refractivity contribution in [2.45, 2.75) is 13.5 Å². The lowest BCUT2D eigenvalue weighted by atomic mass is 10.2. The van der Waals surface area contributed by atoms with E-state index in [4.69, 9.17) is 0 Å². The van der Waals surface area contributed by atoms with Crippen LogP contribution >= 0.6 is 0 Å². The van der Waals surface area contributed by atoms with E-state index in [2.05, 4.69) is 23.1 Å². The van der Waals surface area contributed by atoms with E-state index in [1.165, 1.54) is 5.56 Å². The minimum absolute atomic E-state index is 0.745. The summed E-state index contributed by atoms with van der Waals surface area (Å²) in [6, 6.07) is 5.98. The van der Waals surface area contributed by atoms with Gasteiger partial charge in [-0.2, -0.15) is 5.10 Å². The molecule has 13 heavy (non-hydrogen) atoms. The van der Waals surface area contributed by atoms with Gasteiger partial charge in [-0.15, -0.1) is 0 Å². The molecule has 0 atom stereocenters. The molecule has 2 rings (SSSR count). The zero-order chi connectivity index (χ0) is 9.10. The third-order valence-electron chi connectivity index (χ3n) is 1.86. The summed E-state index contributed by atoms with van der Waals surface area (Å²) in [7, 11) is 0. The molecule has 0 aliphatic heterocycles. The number of aryl methyl sites for hydroxylation is 1. The van der Waals surface area contributed by atoms with Crippen molar-refractivity contribution in [1.82, 2.24) is 14.8 Å². The fourth-order valence-electron chi connectivity index (χ4n) is 1.25. The molecule has 66 valence electrons. The van der Waals surface area contributed by atoms with Crippen LogP contribution in [0, 0.1) is 6.92 Å². The van der Waals surface area contributed by atoms with Gasteiger partial charge in [0.25, 0.3) is 0 Å². The monoisotopic (exact) mass is 173 g/mol. The Morgan fingerprint density at radius 3 is 3.00 bits per heavy atom. The van der Waals surface area contributed by atoms with Gasteiger partial charge in [-0.3, -0.25) is 9.67 Å². The largest absolute Gasteiger partial charge is 0.267 e. The quantitative estimate of drug-likeness (QED) is 0.691. The van der Waals surface area contributed by atoms with Crippen molar-refractivity contribution in [3.63, 3.8) is 0 Å². The Hall–Kier alpha value is -1.64. The first-order valence-electron chi connectivity index (χ1n) is 4.23. The molecule has 0 unspecified atom stereocenters. The zero-order valence-electron chi connectivity index (χ0n) is 7.51. The van der Waals surface area contributed by atoms with Crippen molar-refractivity contribution < 1.29 is 0 Å². The number of hydrogen-bond donors (Lipinski definition) is 0. The van der Waals surface area contributed by atoms with Crippen molar-refractivity contribution in [1.29, 1.82) is 0 Å². The van der Waals surface area contributed by atoms with Gasteiger partial charge in [0.05, 0.1) is 12.2 Å². The SMILES string of the molecule is Cc1ccnc(Cn2cccn2)c1. The summed E-state index contributed by atoms with van der Waals surface area (Å²) in [6.07, 6.45) is 5.54. The Morgan fingerprint density at radius 2 is 2.31 bits per heavy atom.